The standard InChI is InChI=1S/C20H30BrN5O2S/c1-13-16(21)17-22-8-10-26(17)18(23-13)25-9-7-20(6-5-14(27)11-20)15(12-25)24-29(28)19(2,3)4/h8,10,14-15,24,27H,5-7,9,11-12H2,1-4H3/t14-,15?,20?,29+/m0/s1. The van der Waals surface area contributed by atoms with Crippen LogP contribution >= 0.6 is 15.9 Å². The van der Waals surface area contributed by atoms with E-state index in [2.05, 4.69) is 30.5 Å². The number of nitrogens with one attached hydrogen (secondary N) is 1. The second-order valence-electron chi connectivity index (χ2n) is 9.44. The molecular weight excluding hydrogens is 454 g/mol. The van der Waals surface area contributed by atoms with Gasteiger partial charge in [0, 0.05) is 36.8 Å². The summed E-state index contributed by atoms with van der Waals surface area (Å²) < 4.78 is 19.0. The van der Waals surface area contributed by atoms with Crippen LogP contribution in [0.25, 0.3) is 5.65 Å². The van der Waals surface area contributed by atoms with Gasteiger partial charge in [0.25, 0.3) is 0 Å². The maximum absolute atomic E-state index is 12.9. The van der Waals surface area contributed by atoms with Gasteiger partial charge in [-0.3, -0.25) is 4.40 Å². The first-order chi connectivity index (χ1) is 13.6. The molecule has 0 bridgehead atoms. The molecule has 4 atom stereocenters. The van der Waals surface area contributed by atoms with E-state index in [4.69, 9.17) is 4.98 Å². The van der Waals surface area contributed by atoms with Gasteiger partial charge in [-0.25, -0.2) is 9.97 Å². The Morgan fingerprint density at radius 3 is 2.79 bits per heavy atom. The number of aliphatic hydroxyl groups excluding tert-OH is 1. The molecule has 1 saturated heterocycles. The van der Waals surface area contributed by atoms with Gasteiger partial charge in [-0.2, -0.15) is 0 Å². The third-order valence-electron chi connectivity index (χ3n) is 6.37. The lowest BCUT2D eigenvalue weighted by Gasteiger charge is -2.46. The summed E-state index contributed by atoms with van der Waals surface area (Å²) >= 11 is 2.42. The average Bonchev–Trinajstić information content (AvgIpc) is 3.27. The molecule has 1 aliphatic heterocycles. The molecule has 2 fully saturated rings. The van der Waals surface area contributed by atoms with Gasteiger partial charge in [-0.05, 0) is 74.7 Å². The van der Waals surface area contributed by atoms with Crippen LogP contribution in [0, 0.1) is 12.3 Å². The van der Waals surface area contributed by atoms with E-state index in [0.717, 1.165) is 54.0 Å². The van der Waals surface area contributed by atoms with Crippen LogP contribution in [-0.2, 0) is 11.4 Å². The van der Waals surface area contributed by atoms with Crippen LogP contribution < -0.4 is 9.62 Å². The highest BCUT2D eigenvalue weighted by molar-refractivity contribution is 9.10. The Morgan fingerprint density at radius 2 is 2.14 bits per heavy atom. The zero-order valence-corrected chi connectivity index (χ0v) is 19.9. The van der Waals surface area contributed by atoms with E-state index in [9.17, 15) is 9.66 Å². The summed E-state index contributed by atoms with van der Waals surface area (Å²) in [6.45, 7) is 9.50. The van der Waals surface area contributed by atoms with Crippen molar-refractivity contribution < 1.29 is 9.66 Å². The second kappa shape index (κ2) is 7.67. The Hall–Kier alpha value is -0.870. The van der Waals surface area contributed by atoms with Crippen molar-refractivity contribution in [2.45, 2.75) is 70.3 Å². The number of halogens is 1. The molecule has 0 radical (unpaired) electrons. The zero-order valence-electron chi connectivity index (χ0n) is 17.5. The Morgan fingerprint density at radius 1 is 1.38 bits per heavy atom. The van der Waals surface area contributed by atoms with E-state index < -0.39 is 11.4 Å². The molecule has 3 heterocycles. The number of hydrogen-bond acceptors (Lipinski definition) is 6. The fourth-order valence-electron chi connectivity index (χ4n) is 4.62. The number of hydrogen-bond donors (Lipinski definition) is 2. The number of aromatic nitrogens is 3. The minimum absolute atomic E-state index is 0.0186. The number of imidazole rings is 1. The molecule has 160 valence electrons. The number of aryl methyl sites for hydroxylation is 1. The van der Waals surface area contributed by atoms with Crippen molar-refractivity contribution in [1.29, 1.82) is 0 Å². The van der Waals surface area contributed by atoms with Crippen LogP contribution in [-0.4, -0.2) is 54.0 Å². The Labute approximate surface area is 183 Å². The van der Waals surface area contributed by atoms with Crippen molar-refractivity contribution in [2.75, 3.05) is 18.0 Å². The zero-order chi connectivity index (χ0) is 21.0. The van der Waals surface area contributed by atoms with E-state index in [1.54, 1.807) is 6.20 Å². The molecular formula is C20H30BrN5O2S. The molecule has 2 aromatic rings. The minimum atomic E-state index is -1.17. The predicted molar refractivity (Wildman–Crippen MR) is 119 cm³/mol. The molecule has 2 aliphatic rings. The number of piperidine rings is 1. The van der Waals surface area contributed by atoms with Crippen LogP contribution in [0.3, 0.4) is 0 Å². The third kappa shape index (κ3) is 3.92. The van der Waals surface area contributed by atoms with Crippen molar-refractivity contribution in [3.63, 3.8) is 0 Å². The predicted octanol–water partition coefficient (Wildman–Crippen LogP) is 2.96. The molecule has 1 spiro atoms. The molecule has 1 aliphatic carbocycles. The maximum atomic E-state index is 12.9. The van der Waals surface area contributed by atoms with Gasteiger partial charge < -0.3 is 14.6 Å². The van der Waals surface area contributed by atoms with Crippen LogP contribution in [0.4, 0.5) is 5.95 Å². The van der Waals surface area contributed by atoms with Crippen LogP contribution in [0.5, 0.6) is 0 Å². The first-order valence-electron chi connectivity index (χ1n) is 10.2. The van der Waals surface area contributed by atoms with E-state index in [0.29, 0.717) is 6.54 Å². The smallest absolute Gasteiger partial charge is 0.211 e. The summed E-state index contributed by atoms with van der Waals surface area (Å²) in [5.74, 6) is 0.861. The molecule has 1 saturated carbocycles. The molecule has 2 N–H and O–H groups in total. The van der Waals surface area contributed by atoms with Crippen molar-refractivity contribution in [2.24, 2.45) is 5.41 Å². The van der Waals surface area contributed by atoms with E-state index in [1.165, 1.54) is 0 Å². The molecule has 0 aromatic carbocycles. The topological polar surface area (TPSA) is 88.8 Å². The largest absolute Gasteiger partial charge is 0.598 e. The maximum Gasteiger partial charge on any atom is 0.211 e. The molecule has 2 aromatic heterocycles. The first kappa shape index (κ1) is 21.4. The van der Waals surface area contributed by atoms with Crippen LogP contribution in [0.1, 0.15) is 52.1 Å². The summed E-state index contributed by atoms with van der Waals surface area (Å²) in [5.41, 5.74) is 1.74. The Balaban J connectivity index is 1.67. The van der Waals surface area contributed by atoms with Crippen LogP contribution in [0.2, 0.25) is 0 Å². The highest BCUT2D eigenvalue weighted by atomic mass is 79.9. The molecule has 0 amide bonds. The number of rotatable bonds is 3. The Bertz CT molecular complexity index is 901. The summed E-state index contributed by atoms with van der Waals surface area (Å²) in [5, 5.41) is 10.3. The van der Waals surface area contributed by atoms with Crippen molar-refractivity contribution >= 4 is 38.9 Å². The molecule has 29 heavy (non-hydrogen) atoms. The number of anilines is 1. The van der Waals surface area contributed by atoms with Crippen molar-refractivity contribution in [1.82, 2.24) is 19.1 Å². The van der Waals surface area contributed by atoms with Crippen molar-refractivity contribution in [3.05, 3.63) is 22.6 Å². The molecule has 2 unspecified atom stereocenters. The van der Waals surface area contributed by atoms with Gasteiger partial charge in [-0.15, -0.1) is 4.72 Å². The fourth-order valence-corrected chi connectivity index (χ4v) is 5.94. The normalized spacial score (nSPS) is 29.1. The highest BCUT2D eigenvalue weighted by Crippen LogP contribution is 2.47. The number of fused-ring (bicyclic) bond motifs is 1. The average molecular weight is 484 g/mol. The second-order valence-corrected chi connectivity index (χ2v) is 12.2. The van der Waals surface area contributed by atoms with E-state index in [1.807, 2.05) is 38.3 Å². The summed E-state index contributed by atoms with van der Waals surface area (Å²) in [6, 6.07) is 0.0257. The lowest BCUT2D eigenvalue weighted by atomic mass is 9.73. The number of aliphatic hydroxyl groups is 1. The molecule has 7 nitrogen and oxygen atoms in total. The molecule has 9 heteroatoms. The van der Waals surface area contributed by atoms with Gasteiger partial charge in [0.1, 0.15) is 4.75 Å². The third-order valence-corrected chi connectivity index (χ3v) is 8.91. The lowest BCUT2D eigenvalue weighted by Crippen LogP contribution is -2.60. The molecule has 4 rings (SSSR count). The SMILES string of the molecule is Cc1nc(N2CCC3(CC[C@H](O)C3)C(N[S@+]([O-])C(C)(C)C)C2)n2ccnc2c1Br. The number of nitrogens with zero attached hydrogens (tertiary/aromatic N) is 4. The minimum Gasteiger partial charge on any atom is -0.598 e. The highest BCUT2D eigenvalue weighted by Gasteiger charge is 2.50. The van der Waals surface area contributed by atoms with Gasteiger partial charge in [-0.1, -0.05) is 0 Å². The summed E-state index contributed by atoms with van der Waals surface area (Å²) in [4.78, 5) is 11.6. The monoisotopic (exact) mass is 483 g/mol. The van der Waals surface area contributed by atoms with Crippen molar-refractivity contribution in [3.8, 4) is 0 Å². The quantitative estimate of drug-likeness (QED) is 0.652. The van der Waals surface area contributed by atoms with E-state index >= 15 is 0 Å². The van der Waals surface area contributed by atoms with Crippen LogP contribution in [0.15, 0.2) is 16.9 Å². The lowest BCUT2D eigenvalue weighted by molar-refractivity contribution is 0.124. The fraction of sp³-hybridized carbons (Fsp3) is 0.700. The summed E-state index contributed by atoms with van der Waals surface area (Å²) in [6.07, 6.45) is 6.95. The first-order valence-corrected chi connectivity index (χ1v) is 12.2. The van der Waals surface area contributed by atoms with Gasteiger partial charge >= 0.3 is 0 Å². The van der Waals surface area contributed by atoms with Gasteiger partial charge in [0.2, 0.25) is 5.95 Å². The summed E-state index contributed by atoms with van der Waals surface area (Å²) in [7, 11) is 0. The Kier molecular flexibility index (Phi) is 5.65. The van der Waals surface area contributed by atoms with Gasteiger partial charge in [0.15, 0.2) is 5.65 Å². The van der Waals surface area contributed by atoms with Gasteiger partial charge in [0.05, 0.1) is 22.3 Å². The van der Waals surface area contributed by atoms with E-state index in [-0.39, 0.29) is 22.3 Å².